The number of rotatable bonds is 2. The number of nitrogens with two attached hydrogens (primary N) is 1. The summed E-state index contributed by atoms with van der Waals surface area (Å²) in [6.45, 7) is 5.51. The van der Waals surface area contributed by atoms with Crippen molar-refractivity contribution >= 4 is 5.84 Å². The molecular weight excluding hydrogens is 242 g/mol. The van der Waals surface area contributed by atoms with Crippen molar-refractivity contribution in [1.82, 2.24) is 4.90 Å². The van der Waals surface area contributed by atoms with Gasteiger partial charge in [0.25, 0.3) is 0 Å². The van der Waals surface area contributed by atoms with Crippen LogP contribution in [0.15, 0.2) is 35.8 Å². The van der Waals surface area contributed by atoms with Crippen molar-refractivity contribution in [3.05, 3.63) is 47.4 Å². The number of amidine groups is 1. The van der Waals surface area contributed by atoms with Gasteiger partial charge in [-0.15, -0.1) is 0 Å². The van der Waals surface area contributed by atoms with Gasteiger partial charge < -0.3 is 20.6 Å². The third-order valence-electron chi connectivity index (χ3n) is 3.92. The van der Waals surface area contributed by atoms with Gasteiger partial charge in [-0.3, -0.25) is 0 Å². The first kappa shape index (κ1) is 11.9. The van der Waals surface area contributed by atoms with Crippen LogP contribution in [0.5, 0.6) is 0 Å². The fraction of sp³-hybridized carbons (Fsp3) is 0.357. The molecule has 1 atom stereocenters. The van der Waals surface area contributed by atoms with E-state index in [0.29, 0.717) is 6.61 Å². The van der Waals surface area contributed by atoms with Gasteiger partial charge in [0, 0.05) is 5.56 Å². The number of hydrogen-bond acceptors (Lipinski definition) is 4. The van der Waals surface area contributed by atoms with Gasteiger partial charge in [-0.1, -0.05) is 23.4 Å². The van der Waals surface area contributed by atoms with Crippen molar-refractivity contribution in [1.29, 1.82) is 0 Å². The molecule has 19 heavy (non-hydrogen) atoms. The van der Waals surface area contributed by atoms with Crippen LogP contribution in [0.4, 0.5) is 0 Å². The summed E-state index contributed by atoms with van der Waals surface area (Å²) >= 11 is 0. The van der Waals surface area contributed by atoms with E-state index < -0.39 is 0 Å². The molecule has 1 aromatic carbocycles. The van der Waals surface area contributed by atoms with E-state index in [9.17, 15) is 0 Å². The zero-order valence-corrected chi connectivity index (χ0v) is 10.7. The third-order valence-corrected chi connectivity index (χ3v) is 3.92. The second-order valence-corrected chi connectivity index (χ2v) is 4.85. The van der Waals surface area contributed by atoms with Crippen LogP contribution < -0.4 is 5.73 Å². The summed E-state index contributed by atoms with van der Waals surface area (Å²) in [6.07, 6.45) is 1.93. The monoisotopic (exact) mass is 259 g/mol. The molecule has 0 spiro atoms. The Morgan fingerprint density at radius 1 is 1.53 bits per heavy atom. The van der Waals surface area contributed by atoms with Crippen molar-refractivity contribution < 1.29 is 9.94 Å². The first-order chi connectivity index (χ1) is 9.22. The summed E-state index contributed by atoms with van der Waals surface area (Å²) in [4.78, 5) is 2.20. The van der Waals surface area contributed by atoms with Crippen LogP contribution in [-0.4, -0.2) is 29.1 Å². The van der Waals surface area contributed by atoms with Gasteiger partial charge in [-0.25, -0.2) is 0 Å². The number of benzene rings is 1. The van der Waals surface area contributed by atoms with Gasteiger partial charge in [-0.2, -0.15) is 0 Å². The van der Waals surface area contributed by atoms with Gasteiger partial charge in [0.1, 0.15) is 6.61 Å². The summed E-state index contributed by atoms with van der Waals surface area (Å²) < 4.78 is 5.43. The number of hydrogen-bond donors (Lipinski definition) is 2. The Balaban J connectivity index is 1.99. The zero-order chi connectivity index (χ0) is 13.4. The molecule has 1 aliphatic carbocycles. The molecule has 1 fully saturated rings. The van der Waals surface area contributed by atoms with Gasteiger partial charge in [-0.05, 0) is 30.5 Å². The average molecular weight is 259 g/mol. The zero-order valence-electron chi connectivity index (χ0n) is 10.7. The van der Waals surface area contributed by atoms with Gasteiger partial charge in [0.05, 0.1) is 12.6 Å². The van der Waals surface area contributed by atoms with Crippen molar-refractivity contribution in [2.75, 3.05) is 13.2 Å². The second kappa shape index (κ2) is 4.50. The molecule has 0 saturated carbocycles. The van der Waals surface area contributed by atoms with E-state index in [-0.39, 0.29) is 11.9 Å². The molecule has 0 unspecified atom stereocenters. The molecule has 0 bridgehead atoms. The lowest BCUT2D eigenvalue weighted by Gasteiger charge is -2.25. The minimum atomic E-state index is 0.175. The van der Waals surface area contributed by atoms with Crippen LogP contribution in [0.3, 0.4) is 0 Å². The Hall–Kier alpha value is -2.17. The molecule has 2 aliphatic rings. The van der Waals surface area contributed by atoms with E-state index >= 15 is 0 Å². The Kier molecular flexibility index (Phi) is 2.81. The molecule has 1 heterocycles. The Morgan fingerprint density at radius 2 is 2.37 bits per heavy atom. The first-order valence-corrected chi connectivity index (χ1v) is 6.40. The lowest BCUT2D eigenvalue weighted by atomic mass is 10.0. The van der Waals surface area contributed by atoms with E-state index in [1.165, 1.54) is 11.1 Å². The van der Waals surface area contributed by atoms with Crippen LogP contribution in [0.2, 0.25) is 0 Å². The van der Waals surface area contributed by atoms with Crippen molar-refractivity contribution in [2.45, 2.75) is 18.9 Å². The molecule has 5 nitrogen and oxygen atoms in total. The maximum absolute atomic E-state index is 8.86. The molecule has 1 saturated heterocycles. The SMILES string of the molecule is C=C1OCCN1[C@H]1CCc2c(C(N)=NO)cccc21. The molecule has 0 amide bonds. The maximum Gasteiger partial charge on any atom is 0.182 e. The number of ether oxygens (including phenoxy) is 1. The van der Waals surface area contributed by atoms with Crippen LogP contribution in [0.1, 0.15) is 29.2 Å². The third kappa shape index (κ3) is 1.82. The molecule has 5 heteroatoms. The quantitative estimate of drug-likeness (QED) is 0.366. The molecule has 0 aromatic heterocycles. The van der Waals surface area contributed by atoms with Gasteiger partial charge in [0.15, 0.2) is 11.7 Å². The van der Waals surface area contributed by atoms with E-state index in [0.717, 1.165) is 30.8 Å². The molecular formula is C14H17N3O2. The van der Waals surface area contributed by atoms with Crippen LogP contribution in [0, 0.1) is 0 Å². The highest BCUT2D eigenvalue weighted by Crippen LogP contribution is 2.40. The average Bonchev–Trinajstić information content (AvgIpc) is 3.03. The Morgan fingerprint density at radius 3 is 3.05 bits per heavy atom. The molecule has 3 rings (SSSR count). The predicted octanol–water partition coefficient (Wildman–Crippen LogP) is 1.57. The van der Waals surface area contributed by atoms with E-state index in [1.807, 2.05) is 12.1 Å². The summed E-state index contributed by atoms with van der Waals surface area (Å²) in [5.41, 5.74) is 8.97. The summed E-state index contributed by atoms with van der Waals surface area (Å²) in [6, 6.07) is 6.24. The summed E-state index contributed by atoms with van der Waals surface area (Å²) in [5, 5.41) is 12.0. The molecule has 3 N–H and O–H groups in total. The fourth-order valence-electron chi connectivity index (χ4n) is 3.05. The van der Waals surface area contributed by atoms with Crippen molar-refractivity contribution in [2.24, 2.45) is 10.9 Å². The van der Waals surface area contributed by atoms with E-state index in [1.54, 1.807) is 0 Å². The van der Waals surface area contributed by atoms with Crippen LogP contribution in [-0.2, 0) is 11.2 Å². The molecule has 0 radical (unpaired) electrons. The standard InChI is InChI=1S/C14H17N3O2/c1-9-17(7-8-19-9)13-6-5-10-11(13)3-2-4-12(10)14(15)16-18/h2-4,13,18H,1,5-8H2,(H2,15,16)/t13-/m0/s1. The second-order valence-electron chi connectivity index (χ2n) is 4.85. The maximum atomic E-state index is 8.86. The fourth-order valence-corrected chi connectivity index (χ4v) is 3.05. The molecule has 100 valence electrons. The lowest BCUT2D eigenvalue weighted by Crippen LogP contribution is -2.23. The number of nitrogens with zero attached hydrogens (tertiary/aromatic N) is 2. The first-order valence-electron chi connectivity index (χ1n) is 6.40. The van der Waals surface area contributed by atoms with Gasteiger partial charge in [0.2, 0.25) is 0 Å². The smallest absolute Gasteiger partial charge is 0.182 e. The van der Waals surface area contributed by atoms with Crippen LogP contribution in [0.25, 0.3) is 0 Å². The highest BCUT2D eigenvalue weighted by atomic mass is 16.5. The summed E-state index contributed by atoms with van der Waals surface area (Å²) in [7, 11) is 0. The normalized spacial score (nSPS) is 22.5. The predicted molar refractivity (Wildman–Crippen MR) is 71.8 cm³/mol. The highest BCUT2D eigenvalue weighted by Gasteiger charge is 2.33. The van der Waals surface area contributed by atoms with E-state index in [4.69, 9.17) is 15.7 Å². The van der Waals surface area contributed by atoms with Crippen molar-refractivity contribution in [3.8, 4) is 0 Å². The Bertz CT molecular complexity index is 554. The van der Waals surface area contributed by atoms with Gasteiger partial charge >= 0.3 is 0 Å². The number of oxime groups is 1. The minimum absolute atomic E-state index is 0.175. The Labute approximate surface area is 112 Å². The topological polar surface area (TPSA) is 71.1 Å². The molecule has 1 aliphatic heterocycles. The largest absolute Gasteiger partial charge is 0.478 e. The summed E-state index contributed by atoms with van der Waals surface area (Å²) in [5.74, 6) is 0.918. The van der Waals surface area contributed by atoms with Crippen molar-refractivity contribution in [3.63, 3.8) is 0 Å². The number of fused-ring (bicyclic) bond motifs is 1. The highest BCUT2D eigenvalue weighted by molar-refractivity contribution is 5.98. The molecule has 1 aromatic rings. The van der Waals surface area contributed by atoms with E-state index in [2.05, 4.69) is 22.7 Å². The van der Waals surface area contributed by atoms with Crippen LogP contribution >= 0.6 is 0 Å². The minimum Gasteiger partial charge on any atom is -0.478 e. The lowest BCUT2D eigenvalue weighted by molar-refractivity contribution is 0.208.